The van der Waals surface area contributed by atoms with E-state index in [1.807, 2.05) is 24.3 Å². The minimum Gasteiger partial charge on any atom is -0.367 e. The molecule has 1 saturated heterocycles. The first-order valence-corrected chi connectivity index (χ1v) is 7.73. The number of hydrogen-bond donors (Lipinski definition) is 1. The summed E-state index contributed by atoms with van der Waals surface area (Å²) in [7, 11) is 2.11. The van der Waals surface area contributed by atoms with E-state index in [0.717, 1.165) is 37.6 Å². The number of halogens is 1. The molecule has 0 radical (unpaired) electrons. The van der Waals surface area contributed by atoms with E-state index in [1.54, 1.807) is 6.07 Å². The Balaban J connectivity index is 1.79. The van der Waals surface area contributed by atoms with Crippen molar-refractivity contribution in [3.63, 3.8) is 0 Å². The number of anilines is 2. The Kier molecular flexibility index (Phi) is 4.57. The third kappa shape index (κ3) is 3.68. The van der Waals surface area contributed by atoms with Crippen LogP contribution in [0.15, 0.2) is 48.5 Å². The van der Waals surface area contributed by atoms with Gasteiger partial charge in [-0.1, -0.05) is 18.2 Å². The fourth-order valence-corrected chi connectivity index (χ4v) is 2.73. The summed E-state index contributed by atoms with van der Waals surface area (Å²) in [4.78, 5) is 16.9. The van der Waals surface area contributed by atoms with Crippen molar-refractivity contribution in [1.29, 1.82) is 0 Å². The number of carbonyl (C=O) groups is 1. The fourth-order valence-electron chi connectivity index (χ4n) is 2.73. The zero-order chi connectivity index (χ0) is 16.2. The van der Waals surface area contributed by atoms with Crippen molar-refractivity contribution in [2.75, 3.05) is 43.4 Å². The van der Waals surface area contributed by atoms with E-state index in [-0.39, 0.29) is 5.91 Å². The first-order valence-electron chi connectivity index (χ1n) is 7.73. The first-order chi connectivity index (χ1) is 11.1. The summed E-state index contributed by atoms with van der Waals surface area (Å²) in [5.74, 6) is -0.712. The van der Waals surface area contributed by atoms with Crippen molar-refractivity contribution >= 4 is 17.3 Å². The highest BCUT2D eigenvalue weighted by Gasteiger charge is 2.18. The SMILES string of the molecule is CN1CCN(c2ccccc2NC(=O)c2cccc(F)c2)CC1. The quantitative estimate of drug-likeness (QED) is 0.946. The molecule has 23 heavy (non-hydrogen) atoms. The van der Waals surface area contributed by atoms with Gasteiger partial charge < -0.3 is 15.1 Å². The number of likely N-dealkylation sites (N-methyl/N-ethyl adjacent to an activating group) is 1. The monoisotopic (exact) mass is 313 g/mol. The maximum atomic E-state index is 13.3. The summed E-state index contributed by atoms with van der Waals surface area (Å²) in [5.41, 5.74) is 2.08. The molecule has 0 spiro atoms. The van der Waals surface area contributed by atoms with Gasteiger partial charge in [-0.15, -0.1) is 0 Å². The molecule has 1 N–H and O–H groups in total. The Labute approximate surface area is 135 Å². The molecule has 120 valence electrons. The van der Waals surface area contributed by atoms with Gasteiger partial charge in [0.05, 0.1) is 11.4 Å². The van der Waals surface area contributed by atoms with Crippen molar-refractivity contribution < 1.29 is 9.18 Å². The Morgan fingerprint density at radius 1 is 1.04 bits per heavy atom. The molecule has 4 nitrogen and oxygen atoms in total. The average molecular weight is 313 g/mol. The number of nitrogens with one attached hydrogen (secondary N) is 1. The zero-order valence-corrected chi connectivity index (χ0v) is 13.1. The molecule has 1 fully saturated rings. The molecule has 1 amide bonds. The lowest BCUT2D eigenvalue weighted by Gasteiger charge is -2.35. The van der Waals surface area contributed by atoms with Crippen molar-refractivity contribution in [2.24, 2.45) is 0 Å². The number of benzene rings is 2. The number of carbonyl (C=O) groups excluding carboxylic acids is 1. The molecular formula is C18H20FN3O. The van der Waals surface area contributed by atoms with Gasteiger partial charge in [0.15, 0.2) is 0 Å². The van der Waals surface area contributed by atoms with Crippen molar-refractivity contribution in [3.05, 3.63) is 59.9 Å². The van der Waals surface area contributed by atoms with E-state index < -0.39 is 5.82 Å². The van der Waals surface area contributed by atoms with Crippen LogP contribution in [0.1, 0.15) is 10.4 Å². The van der Waals surface area contributed by atoms with E-state index in [0.29, 0.717) is 5.56 Å². The minimum atomic E-state index is -0.412. The molecule has 0 bridgehead atoms. The standard InChI is InChI=1S/C18H20FN3O/c1-21-9-11-22(12-10-21)17-8-3-2-7-16(17)20-18(23)14-5-4-6-15(19)13-14/h2-8,13H,9-12H2,1H3,(H,20,23). The largest absolute Gasteiger partial charge is 0.367 e. The first kappa shape index (κ1) is 15.5. The van der Waals surface area contributed by atoms with Crippen molar-refractivity contribution in [1.82, 2.24) is 4.90 Å². The van der Waals surface area contributed by atoms with Gasteiger partial charge in [-0.25, -0.2) is 4.39 Å². The van der Waals surface area contributed by atoms with Crippen LogP contribution in [0.25, 0.3) is 0 Å². The van der Waals surface area contributed by atoms with Crippen molar-refractivity contribution in [3.8, 4) is 0 Å². The Hall–Kier alpha value is -2.40. The minimum absolute atomic E-state index is 0.300. The smallest absolute Gasteiger partial charge is 0.255 e. The summed E-state index contributed by atoms with van der Waals surface area (Å²) in [6, 6.07) is 13.5. The number of nitrogens with zero attached hydrogens (tertiary/aromatic N) is 2. The van der Waals surface area contributed by atoms with E-state index in [9.17, 15) is 9.18 Å². The Morgan fingerprint density at radius 2 is 1.78 bits per heavy atom. The zero-order valence-electron chi connectivity index (χ0n) is 13.1. The summed E-state index contributed by atoms with van der Waals surface area (Å²) in [6.07, 6.45) is 0. The van der Waals surface area contributed by atoms with Gasteiger partial charge >= 0.3 is 0 Å². The number of rotatable bonds is 3. The summed E-state index contributed by atoms with van der Waals surface area (Å²) >= 11 is 0. The highest BCUT2D eigenvalue weighted by Crippen LogP contribution is 2.27. The molecule has 0 atom stereocenters. The molecule has 5 heteroatoms. The second kappa shape index (κ2) is 6.79. The number of piperazine rings is 1. The van der Waals surface area contributed by atoms with Crippen molar-refractivity contribution in [2.45, 2.75) is 0 Å². The van der Waals surface area contributed by atoms with E-state index in [1.165, 1.54) is 18.2 Å². The maximum Gasteiger partial charge on any atom is 0.255 e. The third-order valence-electron chi connectivity index (χ3n) is 4.08. The summed E-state index contributed by atoms with van der Waals surface area (Å²) < 4.78 is 13.3. The molecule has 0 aromatic heterocycles. The van der Waals surface area contributed by atoms with Crippen LogP contribution in [0, 0.1) is 5.82 Å². The number of hydrogen-bond acceptors (Lipinski definition) is 3. The molecule has 0 aliphatic carbocycles. The maximum absolute atomic E-state index is 13.3. The van der Waals surface area contributed by atoms with Crippen LogP contribution >= 0.6 is 0 Å². The van der Waals surface area contributed by atoms with Gasteiger partial charge in [0.1, 0.15) is 5.82 Å². The predicted molar refractivity (Wildman–Crippen MR) is 90.5 cm³/mol. The highest BCUT2D eigenvalue weighted by atomic mass is 19.1. The summed E-state index contributed by atoms with van der Waals surface area (Å²) in [6.45, 7) is 3.82. The molecule has 0 unspecified atom stereocenters. The van der Waals surface area contributed by atoms with Crippen LogP contribution in [0.2, 0.25) is 0 Å². The number of para-hydroxylation sites is 2. The molecule has 2 aromatic rings. The van der Waals surface area contributed by atoms with Gasteiger partial charge in [-0.2, -0.15) is 0 Å². The van der Waals surface area contributed by atoms with Crippen LogP contribution in [0.5, 0.6) is 0 Å². The predicted octanol–water partition coefficient (Wildman–Crippen LogP) is 2.83. The normalized spacial score (nSPS) is 15.5. The van der Waals surface area contributed by atoms with Crippen LogP contribution < -0.4 is 10.2 Å². The highest BCUT2D eigenvalue weighted by molar-refractivity contribution is 6.05. The second-order valence-electron chi connectivity index (χ2n) is 5.77. The van der Waals surface area contributed by atoms with Gasteiger partial charge in [-0.3, -0.25) is 4.79 Å². The lowest BCUT2D eigenvalue weighted by molar-refractivity contribution is 0.102. The van der Waals surface area contributed by atoms with Gasteiger partial charge in [0, 0.05) is 31.7 Å². The summed E-state index contributed by atoms with van der Waals surface area (Å²) in [5, 5.41) is 2.90. The lowest BCUT2D eigenvalue weighted by atomic mass is 10.1. The van der Waals surface area contributed by atoms with Crippen LogP contribution in [-0.2, 0) is 0 Å². The van der Waals surface area contributed by atoms with Gasteiger partial charge in [-0.05, 0) is 37.4 Å². The molecule has 0 saturated carbocycles. The molecule has 1 aliphatic rings. The van der Waals surface area contributed by atoms with Crippen LogP contribution in [0.4, 0.5) is 15.8 Å². The molecule has 1 aliphatic heterocycles. The average Bonchev–Trinajstić information content (AvgIpc) is 2.56. The van der Waals surface area contributed by atoms with Gasteiger partial charge in [0.2, 0.25) is 0 Å². The Morgan fingerprint density at radius 3 is 2.52 bits per heavy atom. The van der Waals surface area contributed by atoms with E-state index >= 15 is 0 Å². The Bertz CT molecular complexity index is 696. The second-order valence-corrected chi connectivity index (χ2v) is 5.77. The molecular weight excluding hydrogens is 293 g/mol. The van der Waals surface area contributed by atoms with E-state index in [4.69, 9.17) is 0 Å². The van der Waals surface area contributed by atoms with Crippen LogP contribution in [0.3, 0.4) is 0 Å². The fraction of sp³-hybridized carbons (Fsp3) is 0.278. The number of amides is 1. The lowest BCUT2D eigenvalue weighted by Crippen LogP contribution is -2.44. The van der Waals surface area contributed by atoms with Crippen LogP contribution in [-0.4, -0.2) is 44.0 Å². The topological polar surface area (TPSA) is 35.6 Å². The van der Waals surface area contributed by atoms with Gasteiger partial charge in [0.25, 0.3) is 5.91 Å². The van der Waals surface area contributed by atoms with E-state index in [2.05, 4.69) is 22.2 Å². The molecule has 2 aromatic carbocycles. The molecule has 3 rings (SSSR count). The molecule has 1 heterocycles. The third-order valence-corrected chi connectivity index (χ3v) is 4.08.